The summed E-state index contributed by atoms with van der Waals surface area (Å²) in [6.07, 6.45) is 3.58. The summed E-state index contributed by atoms with van der Waals surface area (Å²) in [6.45, 7) is 0. The second-order valence-electron chi connectivity index (χ2n) is 2.39. The largest absolute Gasteiger partial charge is 0.397 e. The Hall–Kier alpha value is -0.990. The first-order valence-corrected chi connectivity index (χ1v) is 4.27. The molecule has 0 fully saturated rings. The molecule has 1 rings (SSSR count). The van der Waals surface area contributed by atoms with Gasteiger partial charge < -0.3 is 5.73 Å². The molecule has 0 aliphatic rings. The van der Waals surface area contributed by atoms with Crippen LogP contribution in [0.2, 0.25) is 10.0 Å². The summed E-state index contributed by atoms with van der Waals surface area (Å²) in [4.78, 5) is 10.1. The summed E-state index contributed by atoms with van der Waals surface area (Å²) < 4.78 is 0. The van der Waals surface area contributed by atoms with Gasteiger partial charge in [-0.05, 0) is 23.8 Å². The van der Waals surface area contributed by atoms with Gasteiger partial charge in [-0.2, -0.15) is 0 Å². The molecule has 1 aromatic rings. The molecule has 0 spiro atoms. The fraction of sp³-hybridized carbons (Fsp3) is 0. The van der Waals surface area contributed by atoms with Crippen LogP contribution in [0, 0.1) is 0 Å². The van der Waals surface area contributed by atoms with E-state index in [1.54, 1.807) is 18.2 Å². The summed E-state index contributed by atoms with van der Waals surface area (Å²) in [5, 5.41) is 0.898. The summed E-state index contributed by atoms with van der Waals surface area (Å²) in [5.41, 5.74) is 6.61. The summed E-state index contributed by atoms with van der Waals surface area (Å²) in [6, 6.07) is 3.16. The van der Waals surface area contributed by atoms with E-state index in [1.807, 2.05) is 0 Å². The predicted molar refractivity (Wildman–Crippen MR) is 56.0 cm³/mol. The van der Waals surface area contributed by atoms with Crippen LogP contribution in [0.3, 0.4) is 0 Å². The van der Waals surface area contributed by atoms with Gasteiger partial charge in [0.1, 0.15) is 6.29 Å². The van der Waals surface area contributed by atoms with Crippen LogP contribution in [0.1, 0.15) is 5.56 Å². The van der Waals surface area contributed by atoms with E-state index in [-0.39, 0.29) is 0 Å². The maximum Gasteiger partial charge on any atom is 0.142 e. The smallest absolute Gasteiger partial charge is 0.142 e. The van der Waals surface area contributed by atoms with Crippen LogP contribution in [0.4, 0.5) is 5.69 Å². The van der Waals surface area contributed by atoms with E-state index >= 15 is 0 Å². The first-order valence-electron chi connectivity index (χ1n) is 3.51. The van der Waals surface area contributed by atoms with Crippen molar-refractivity contribution in [2.75, 3.05) is 5.73 Å². The Kier molecular flexibility index (Phi) is 3.34. The fourth-order valence-electron chi connectivity index (χ4n) is 0.848. The first-order chi connectivity index (χ1) is 6.15. The minimum Gasteiger partial charge on any atom is -0.397 e. The van der Waals surface area contributed by atoms with Crippen LogP contribution in [-0.4, -0.2) is 6.29 Å². The van der Waals surface area contributed by atoms with Crippen molar-refractivity contribution in [3.05, 3.63) is 33.8 Å². The molecule has 0 bridgehead atoms. The number of nitrogens with two attached hydrogens (primary N) is 1. The lowest BCUT2D eigenvalue weighted by Crippen LogP contribution is -1.87. The van der Waals surface area contributed by atoms with E-state index in [2.05, 4.69) is 0 Å². The van der Waals surface area contributed by atoms with Crippen molar-refractivity contribution in [3.63, 3.8) is 0 Å². The van der Waals surface area contributed by atoms with Gasteiger partial charge in [0.05, 0.1) is 10.7 Å². The van der Waals surface area contributed by atoms with Gasteiger partial charge in [-0.1, -0.05) is 29.3 Å². The van der Waals surface area contributed by atoms with E-state index in [1.165, 1.54) is 6.08 Å². The lowest BCUT2D eigenvalue weighted by atomic mass is 10.2. The highest BCUT2D eigenvalue weighted by atomic mass is 35.5. The molecule has 1 aromatic carbocycles. The van der Waals surface area contributed by atoms with Crippen LogP contribution < -0.4 is 5.73 Å². The number of benzene rings is 1. The van der Waals surface area contributed by atoms with Gasteiger partial charge in [-0.15, -0.1) is 0 Å². The van der Waals surface area contributed by atoms with Gasteiger partial charge in [0.15, 0.2) is 0 Å². The third-order valence-electron chi connectivity index (χ3n) is 1.47. The Morgan fingerprint density at radius 3 is 2.54 bits per heavy atom. The number of nitrogen functional groups attached to an aromatic ring is 1. The number of halogens is 2. The summed E-state index contributed by atoms with van der Waals surface area (Å²) in [5.74, 6) is 0. The Morgan fingerprint density at radius 1 is 1.23 bits per heavy atom. The molecule has 4 heteroatoms. The van der Waals surface area contributed by atoms with Crippen molar-refractivity contribution in [3.8, 4) is 0 Å². The predicted octanol–water partition coefficient (Wildman–Crippen LogP) is 2.79. The summed E-state index contributed by atoms with van der Waals surface area (Å²) >= 11 is 11.6. The standard InChI is InChI=1S/C9H7Cl2NO/c10-7-5-9(12)8(11)4-6(7)2-1-3-13/h1-5H,12H2. The SMILES string of the molecule is Nc1cc(Cl)c(C=CC=O)cc1Cl. The van der Waals surface area contributed by atoms with Crippen LogP contribution in [0.5, 0.6) is 0 Å². The Labute approximate surface area is 85.9 Å². The minimum absolute atomic E-state index is 0.426. The molecule has 0 atom stereocenters. The van der Waals surface area contributed by atoms with Crippen LogP contribution >= 0.6 is 23.2 Å². The molecule has 0 amide bonds. The van der Waals surface area contributed by atoms with Crippen LogP contribution in [0.25, 0.3) is 6.08 Å². The second-order valence-corrected chi connectivity index (χ2v) is 3.20. The second kappa shape index (κ2) is 4.30. The third kappa shape index (κ3) is 2.47. The normalized spacial score (nSPS) is 10.6. The van der Waals surface area contributed by atoms with Gasteiger partial charge in [0.25, 0.3) is 0 Å². The maximum absolute atomic E-state index is 10.1. The lowest BCUT2D eigenvalue weighted by Gasteiger charge is -2.01. The van der Waals surface area contributed by atoms with E-state index in [4.69, 9.17) is 28.9 Å². The molecule has 0 radical (unpaired) electrons. The first kappa shape index (κ1) is 10.1. The zero-order valence-electron chi connectivity index (χ0n) is 6.63. The number of hydrogen-bond donors (Lipinski definition) is 1. The van der Waals surface area contributed by atoms with Crippen molar-refractivity contribution in [2.24, 2.45) is 0 Å². The highest BCUT2D eigenvalue weighted by Gasteiger charge is 2.01. The monoisotopic (exact) mass is 215 g/mol. The van der Waals surface area contributed by atoms with Crippen molar-refractivity contribution in [2.45, 2.75) is 0 Å². The number of hydrogen-bond acceptors (Lipinski definition) is 2. The molecule has 2 N–H and O–H groups in total. The van der Waals surface area contributed by atoms with Crippen LogP contribution in [0.15, 0.2) is 18.2 Å². The Morgan fingerprint density at radius 2 is 1.92 bits per heavy atom. The van der Waals surface area contributed by atoms with Crippen molar-refractivity contribution < 1.29 is 4.79 Å². The Balaban J connectivity index is 3.15. The average molecular weight is 216 g/mol. The number of aldehydes is 1. The van der Waals surface area contributed by atoms with Crippen molar-refractivity contribution in [1.82, 2.24) is 0 Å². The molecule has 0 aliphatic carbocycles. The van der Waals surface area contributed by atoms with Gasteiger partial charge in [0, 0.05) is 5.02 Å². The van der Waals surface area contributed by atoms with E-state index in [0.29, 0.717) is 27.6 Å². The fourth-order valence-corrected chi connectivity index (χ4v) is 1.26. The van der Waals surface area contributed by atoms with Crippen molar-refractivity contribution in [1.29, 1.82) is 0 Å². The maximum atomic E-state index is 10.1. The zero-order chi connectivity index (χ0) is 9.84. The van der Waals surface area contributed by atoms with Crippen LogP contribution in [-0.2, 0) is 4.79 Å². The molecule has 0 saturated carbocycles. The lowest BCUT2D eigenvalue weighted by molar-refractivity contribution is -0.104. The topological polar surface area (TPSA) is 43.1 Å². The molecule has 0 unspecified atom stereocenters. The molecule has 0 heterocycles. The third-order valence-corrected chi connectivity index (χ3v) is 2.13. The van der Waals surface area contributed by atoms with Gasteiger partial charge >= 0.3 is 0 Å². The zero-order valence-corrected chi connectivity index (χ0v) is 8.14. The number of anilines is 1. The van der Waals surface area contributed by atoms with E-state index in [0.717, 1.165) is 0 Å². The quantitative estimate of drug-likeness (QED) is 0.469. The average Bonchev–Trinajstić information content (AvgIpc) is 2.09. The molecule has 0 saturated heterocycles. The number of allylic oxidation sites excluding steroid dienone is 1. The molecule has 0 aromatic heterocycles. The minimum atomic E-state index is 0.426. The van der Waals surface area contributed by atoms with Gasteiger partial charge in [-0.3, -0.25) is 4.79 Å². The number of carbonyl (C=O) groups excluding carboxylic acids is 1. The van der Waals surface area contributed by atoms with Crippen molar-refractivity contribution >= 4 is 41.3 Å². The molecule has 13 heavy (non-hydrogen) atoms. The molecule has 0 aliphatic heterocycles. The Bertz CT molecular complexity index is 361. The molecular formula is C9H7Cl2NO. The van der Waals surface area contributed by atoms with Gasteiger partial charge in [-0.25, -0.2) is 0 Å². The highest BCUT2D eigenvalue weighted by molar-refractivity contribution is 6.36. The van der Waals surface area contributed by atoms with Gasteiger partial charge in [0.2, 0.25) is 0 Å². The van der Waals surface area contributed by atoms with E-state index in [9.17, 15) is 4.79 Å². The molecule has 68 valence electrons. The molecular weight excluding hydrogens is 209 g/mol. The van der Waals surface area contributed by atoms with E-state index < -0.39 is 0 Å². The number of carbonyl (C=O) groups is 1. The number of rotatable bonds is 2. The summed E-state index contributed by atoms with van der Waals surface area (Å²) in [7, 11) is 0. The molecule has 2 nitrogen and oxygen atoms in total. The highest BCUT2D eigenvalue weighted by Crippen LogP contribution is 2.27.